The van der Waals surface area contributed by atoms with E-state index in [9.17, 15) is 9.50 Å². The molecule has 21 heavy (non-hydrogen) atoms. The van der Waals surface area contributed by atoms with Gasteiger partial charge in [0.25, 0.3) is 0 Å². The molecule has 1 N–H and O–H groups in total. The predicted octanol–water partition coefficient (Wildman–Crippen LogP) is 4.81. The molecule has 0 saturated heterocycles. The molecular weight excluding hydrogens is 291 g/mol. The van der Waals surface area contributed by atoms with E-state index in [0.29, 0.717) is 11.3 Å². The van der Waals surface area contributed by atoms with Gasteiger partial charge in [0.15, 0.2) is 0 Å². The molecule has 1 heterocycles. The minimum atomic E-state index is -0.798. The Morgan fingerprint density at radius 3 is 2.76 bits per heavy atom. The van der Waals surface area contributed by atoms with Crippen LogP contribution in [0.4, 0.5) is 4.39 Å². The molecule has 1 atom stereocenters. The van der Waals surface area contributed by atoms with Crippen molar-refractivity contribution in [2.45, 2.75) is 19.4 Å². The Kier molecular flexibility index (Phi) is 3.70. The van der Waals surface area contributed by atoms with Gasteiger partial charge in [0, 0.05) is 17.4 Å². The van der Waals surface area contributed by atoms with Crippen LogP contribution in [0.15, 0.2) is 46.9 Å². The topological polar surface area (TPSA) is 33.4 Å². The maximum Gasteiger partial charge on any atom is 0.142 e. The van der Waals surface area contributed by atoms with Gasteiger partial charge in [-0.15, -0.1) is 0 Å². The summed E-state index contributed by atoms with van der Waals surface area (Å²) >= 11 is 5.95. The second-order valence-electron chi connectivity index (χ2n) is 5.00. The zero-order valence-corrected chi connectivity index (χ0v) is 12.2. The average molecular weight is 305 g/mol. The third kappa shape index (κ3) is 2.55. The van der Waals surface area contributed by atoms with Gasteiger partial charge in [-0.1, -0.05) is 41.9 Å². The lowest BCUT2D eigenvalue weighted by Crippen LogP contribution is -2.03. The van der Waals surface area contributed by atoms with Crippen LogP contribution in [0, 0.1) is 12.7 Å². The van der Waals surface area contributed by atoms with Gasteiger partial charge >= 0.3 is 0 Å². The Bertz CT molecular complexity index is 795. The highest BCUT2D eigenvalue weighted by Crippen LogP contribution is 2.33. The Hall–Kier alpha value is -1.84. The quantitative estimate of drug-likeness (QED) is 0.753. The monoisotopic (exact) mass is 304 g/mol. The number of hydrogen-bond acceptors (Lipinski definition) is 2. The van der Waals surface area contributed by atoms with Crippen molar-refractivity contribution in [3.05, 3.63) is 70.2 Å². The largest absolute Gasteiger partial charge is 0.461 e. The van der Waals surface area contributed by atoms with Gasteiger partial charge in [0.2, 0.25) is 0 Å². The summed E-state index contributed by atoms with van der Waals surface area (Å²) < 4.78 is 19.1. The molecule has 0 aliphatic heterocycles. The van der Waals surface area contributed by atoms with Crippen molar-refractivity contribution in [3.63, 3.8) is 0 Å². The Morgan fingerprint density at radius 1 is 1.19 bits per heavy atom. The second-order valence-corrected chi connectivity index (χ2v) is 5.38. The minimum absolute atomic E-state index is 0.0574. The predicted molar refractivity (Wildman–Crippen MR) is 81.0 cm³/mol. The van der Waals surface area contributed by atoms with Gasteiger partial charge < -0.3 is 9.52 Å². The van der Waals surface area contributed by atoms with Gasteiger partial charge in [0.1, 0.15) is 17.2 Å². The molecule has 0 aliphatic rings. The fourth-order valence-corrected chi connectivity index (χ4v) is 2.82. The number of fused-ring (bicyclic) bond motifs is 1. The average Bonchev–Trinajstić information content (AvgIpc) is 2.79. The van der Waals surface area contributed by atoms with E-state index in [0.717, 1.165) is 16.5 Å². The number of furan rings is 1. The lowest BCUT2D eigenvalue weighted by Gasteiger charge is -2.12. The highest BCUT2D eigenvalue weighted by Gasteiger charge is 2.20. The zero-order chi connectivity index (χ0) is 15.0. The van der Waals surface area contributed by atoms with Crippen LogP contribution in [0.2, 0.25) is 5.02 Å². The number of para-hydroxylation sites is 1. The van der Waals surface area contributed by atoms with Crippen molar-refractivity contribution in [1.82, 2.24) is 0 Å². The number of rotatable bonds is 3. The molecule has 2 nitrogen and oxygen atoms in total. The molecule has 3 aromatic rings. The molecule has 0 radical (unpaired) electrons. The summed E-state index contributed by atoms with van der Waals surface area (Å²) in [5, 5.41) is 11.4. The fourth-order valence-electron chi connectivity index (χ4n) is 2.62. The van der Waals surface area contributed by atoms with Gasteiger partial charge in [-0.2, -0.15) is 0 Å². The van der Waals surface area contributed by atoms with Crippen LogP contribution >= 0.6 is 11.6 Å². The van der Waals surface area contributed by atoms with Gasteiger partial charge in [-0.3, -0.25) is 0 Å². The van der Waals surface area contributed by atoms with Gasteiger partial charge in [-0.05, 0) is 24.6 Å². The molecule has 1 aromatic heterocycles. The first kappa shape index (κ1) is 14.1. The van der Waals surface area contributed by atoms with Crippen molar-refractivity contribution in [2.24, 2.45) is 0 Å². The first-order valence-corrected chi connectivity index (χ1v) is 7.04. The Balaban J connectivity index is 1.99. The van der Waals surface area contributed by atoms with E-state index in [4.69, 9.17) is 16.0 Å². The van der Waals surface area contributed by atoms with Crippen molar-refractivity contribution < 1.29 is 13.9 Å². The van der Waals surface area contributed by atoms with Crippen LogP contribution in [-0.4, -0.2) is 5.11 Å². The molecule has 0 fully saturated rings. The number of aliphatic hydroxyl groups excluding tert-OH is 1. The first-order valence-electron chi connectivity index (χ1n) is 6.67. The maximum atomic E-state index is 13.5. The van der Waals surface area contributed by atoms with E-state index in [-0.39, 0.29) is 11.4 Å². The van der Waals surface area contributed by atoms with E-state index < -0.39 is 11.9 Å². The highest BCUT2D eigenvalue weighted by molar-refractivity contribution is 6.31. The molecule has 3 rings (SSSR count). The molecule has 0 aliphatic carbocycles. The van der Waals surface area contributed by atoms with Gasteiger partial charge in [-0.25, -0.2) is 4.39 Å². The molecular formula is C17H14ClFO2. The van der Waals surface area contributed by atoms with Crippen molar-refractivity contribution in [2.75, 3.05) is 0 Å². The van der Waals surface area contributed by atoms with E-state index in [2.05, 4.69) is 0 Å². The highest BCUT2D eigenvalue weighted by atomic mass is 35.5. The number of benzene rings is 2. The summed E-state index contributed by atoms with van der Waals surface area (Å²) in [5.74, 6) is 0.186. The Labute approximate surface area is 126 Å². The van der Waals surface area contributed by atoms with Crippen LogP contribution < -0.4 is 0 Å². The molecule has 0 bridgehead atoms. The minimum Gasteiger partial charge on any atom is -0.461 e. The fraction of sp³-hybridized carbons (Fsp3) is 0.176. The van der Waals surface area contributed by atoms with E-state index in [1.54, 1.807) is 12.1 Å². The lowest BCUT2D eigenvalue weighted by molar-refractivity contribution is 0.177. The zero-order valence-electron chi connectivity index (χ0n) is 11.4. The standard InChI is InChI=1S/C17H14ClFO2/c1-10-16(12-6-2-3-8-15(12)21-10)14(20)9-11-5-4-7-13(19)17(11)18/h2-8,14,20H,9H2,1H3. The lowest BCUT2D eigenvalue weighted by atomic mass is 9.99. The van der Waals surface area contributed by atoms with Crippen LogP contribution in [0.1, 0.15) is 23.0 Å². The van der Waals surface area contributed by atoms with E-state index >= 15 is 0 Å². The number of hydrogen-bond donors (Lipinski definition) is 1. The first-order chi connectivity index (χ1) is 10.1. The summed E-state index contributed by atoms with van der Waals surface area (Å²) in [5.41, 5.74) is 2.04. The SMILES string of the molecule is Cc1oc2ccccc2c1C(O)Cc1cccc(F)c1Cl. The summed E-state index contributed by atoms with van der Waals surface area (Å²) in [7, 11) is 0. The molecule has 0 amide bonds. The number of halogens is 2. The molecule has 1 unspecified atom stereocenters. The normalized spacial score (nSPS) is 12.8. The molecule has 2 aromatic carbocycles. The molecule has 0 spiro atoms. The molecule has 0 saturated carbocycles. The van der Waals surface area contributed by atoms with Crippen LogP contribution in [0.3, 0.4) is 0 Å². The molecule has 4 heteroatoms. The summed E-state index contributed by atoms with van der Waals surface area (Å²) in [6.07, 6.45) is -0.561. The van der Waals surface area contributed by atoms with E-state index in [1.165, 1.54) is 6.07 Å². The van der Waals surface area contributed by atoms with Crippen LogP contribution in [0.25, 0.3) is 11.0 Å². The third-order valence-electron chi connectivity index (χ3n) is 3.60. The second kappa shape index (κ2) is 5.51. The van der Waals surface area contributed by atoms with Crippen LogP contribution in [-0.2, 0) is 6.42 Å². The van der Waals surface area contributed by atoms with Crippen LogP contribution in [0.5, 0.6) is 0 Å². The van der Waals surface area contributed by atoms with Crippen molar-refractivity contribution in [3.8, 4) is 0 Å². The summed E-state index contributed by atoms with van der Waals surface area (Å²) in [6.45, 7) is 1.81. The Morgan fingerprint density at radius 2 is 1.95 bits per heavy atom. The van der Waals surface area contributed by atoms with E-state index in [1.807, 2.05) is 31.2 Å². The van der Waals surface area contributed by atoms with Crippen molar-refractivity contribution >= 4 is 22.6 Å². The number of aryl methyl sites for hydroxylation is 1. The maximum absolute atomic E-state index is 13.5. The smallest absolute Gasteiger partial charge is 0.142 e. The molecule has 108 valence electrons. The summed E-state index contributed by atoms with van der Waals surface area (Å²) in [6, 6.07) is 12.1. The number of aliphatic hydroxyl groups is 1. The summed E-state index contributed by atoms with van der Waals surface area (Å²) in [4.78, 5) is 0. The third-order valence-corrected chi connectivity index (χ3v) is 4.02. The van der Waals surface area contributed by atoms with Gasteiger partial charge in [0.05, 0.1) is 11.1 Å². The van der Waals surface area contributed by atoms with Crippen molar-refractivity contribution in [1.29, 1.82) is 0 Å².